The van der Waals surface area contributed by atoms with Gasteiger partial charge in [-0.05, 0) is 62.4 Å². The molecule has 0 spiro atoms. The Bertz CT molecular complexity index is 856. The third-order valence-corrected chi connectivity index (χ3v) is 4.75. The number of hydrogen-bond acceptors (Lipinski definition) is 7. The number of carbonyl (C=O) groups is 2. The van der Waals surface area contributed by atoms with Crippen LogP contribution in [0.15, 0.2) is 82.6 Å². The second-order valence-corrected chi connectivity index (χ2v) is 7.93. The highest BCUT2D eigenvalue weighted by molar-refractivity contribution is 7.99. The lowest BCUT2D eigenvalue weighted by Gasteiger charge is -2.16. The molecule has 0 saturated heterocycles. The van der Waals surface area contributed by atoms with Gasteiger partial charge >= 0.3 is 11.9 Å². The van der Waals surface area contributed by atoms with Crippen molar-refractivity contribution in [3.8, 4) is 11.5 Å². The van der Waals surface area contributed by atoms with Crippen LogP contribution in [-0.4, -0.2) is 24.5 Å². The lowest BCUT2D eigenvalue weighted by molar-refractivity contribution is -0.157. The Morgan fingerprint density at radius 3 is 1.32 bits per heavy atom. The molecule has 0 saturated carbocycles. The predicted octanol–water partition coefficient (Wildman–Crippen LogP) is 5.53. The number of esters is 2. The van der Waals surface area contributed by atoms with Crippen LogP contribution >= 0.6 is 11.8 Å². The summed E-state index contributed by atoms with van der Waals surface area (Å²) in [5.41, 5.74) is 0.641. The zero-order valence-corrected chi connectivity index (χ0v) is 18.9. The Labute approximate surface area is 186 Å². The van der Waals surface area contributed by atoms with Crippen LogP contribution in [-0.2, 0) is 19.1 Å². The number of carbonyl (C=O) groups excluding carboxylic acids is 2. The summed E-state index contributed by atoms with van der Waals surface area (Å²) in [6, 6.07) is 14.9. The van der Waals surface area contributed by atoms with E-state index in [1.165, 1.54) is 0 Å². The largest absolute Gasteiger partial charge is 0.455 e. The Hall–Kier alpha value is -3.19. The molecule has 0 fully saturated rings. The van der Waals surface area contributed by atoms with Gasteiger partial charge in [-0.15, -0.1) is 0 Å². The molecule has 0 aliphatic heterocycles. The summed E-state index contributed by atoms with van der Waals surface area (Å²) >= 11 is 1.57. The van der Waals surface area contributed by atoms with E-state index >= 15 is 0 Å². The quantitative estimate of drug-likeness (QED) is 0.272. The fourth-order valence-electron chi connectivity index (χ4n) is 2.24. The summed E-state index contributed by atoms with van der Waals surface area (Å²) in [6.45, 7) is 13.5. The Morgan fingerprint density at radius 2 is 1.03 bits per heavy atom. The van der Waals surface area contributed by atoms with Crippen molar-refractivity contribution in [1.29, 1.82) is 0 Å². The van der Waals surface area contributed by atoms with Crippen molar-refractivity contribution in [3.63, 3.8) is 0 Å². The second kappa shape index (κ2) is 11.3. The van der Waals surface area contributed by atoms with Crippen LogP contribution in [0.2, 0.25) is 0 Å². The highest BCUT2D eigenvalue weighted by Crippen LogP contribution is 2.30. The molecule has 6 nitrogen and oxygen atoms in total. The first-order chi connectivity index (χ1) is 14.6. The number of benzene rings is 2. The van der Waals surface area contributed by atoms with Crippen LogP contribution in [0.25, 0.3) is 0 Å². The molecule has 0 aromatic heterocycles. The van der Waals surface area contributed by atoms with Crippen molar-refractivity contribution in [2.75, 3.05) is 0 Å². The summed E-state index contributed by atoms with van der Waals surface area (Å²) in [4.78, 5) is 25.1. The van der Waals surface area contributed by atoms with E-state index < -0.39 is 24.5 Å². The van der Waals surface area contributed by atoms with E-state index in [-0.39, 0.29) is 0 Å². The maximum atomic E-state index is 11.5. The topological polar surface area (TPSA) is 71.1 Å². The highest BCUT2D eigenvalue weighted by atomic mass is 32.2. The molecule has 2 rings (SSSR count). The molecule has 2 aromatic carbocycles. The zero-order valence-electron chi connectivity index (χ0n) is 18.0. The molecule has 0 radical (unpaired) electrons. The molecular weight excluding hydrogens is 416 g/mol. The average molecular weight is 443 g/mol. The van der Waals surface area contributed by atoms with E-state index in [2.05, 4.69) is 13.2 Å². The molecule has 31 heavy (non-hydrogen) atoms. The maximum absolute atomic E-state index is 11.5. The fraction of sp³-hybridized carbons (Fsp3) is 0.250. The molecule has 0 amide bonds. The maximum Gasteiger partial charge on any atom is 0.336 e. The number of ether oxygens (including phenoxy) is 4. The van der Waals surface area contributed by atoms with Crippen LogP contribution < -0.4 is 9.47 Å². The second-order valence-electron chi connectivity index (χ2n) is 6.79. The molecular formula is C24H26O6S. The number of rotatable bonds is 10. The van der Waals surface area contributed by atoms with Gasteiger partial charge in [0.15, 0.2) is 0 Å². The van der Waals surface area contributed by atoms with Crippen LogP contribution in [0.3, 0.4) is 0 Å². The van der Waals surface area contributed by atoms with Gasteiger partial charge in [-0.1, -0.05) is 24.9 Å². The third-order valence-electron chi connectivity index (χ3n) is 3.73. The van der Waals surface area contributed by atoms with Gasteiger partial charge in [0.1, 0.15) is 11.5 Å². The van der Waals surface area contributed by atoms with Gasteiger partial charge in [-0.3, -0.25) is 0 Å². The first-order valence-corrected chi connectivity index (χ1v) is 10.4. The van der Waals surface area contributed by atoms with Gasteiger partial charge in [-0.2, -0.15) is 0 Å². The normalized spacial score (nSPS) is 12.3. The summed E-state index contributed by atoms with van der Waals surface area (Å²) in [5, 5.41) is 0. The fourth-order valence-corrected chi connectivity index (χ4v) is 3.06. The molecule has 0 bridgehead atoms. The first kappa shape index (κ1) is 24.1. The Balaban J connectivity index is 1.87. The van der Waals surface area contributed by atoms with E-state index in [4.69, 9.17) is 18.9 Å². The summed E-state index contributed by atoms with van der Waals surface area (Å²) < 4.78 is 21.4. The molecule has 7 heteroatoms. The van der Waals surface area contributed by atoms with E-state index in [9.17, 15) is 9.59 Å². The smallest absolute Gasteiger partial charge is 0.336 e. The van der Waals surface area contributed by atoms with Gasteiger partial charge < -0.3 is 18.9 Å². The first-order valence-electron chi connectivity index (χ1n) is 9.58. The van der Waals surface area contributed by atoms with Crippen molar-refractivity contribution in [3.05, 3.63) is 72.8 Å². The van der Waals surface area contributed by atoms with Crippen LogP contribution in [0, 0.1) is 0 Å². The minimum atomic E-state index is -0.715. The lowest BCUT2D eigenvalue weighted by atomic mass is 10.3. The van der Waals surface area contributed by atoms with Crippen LogP contribution in [0.5, 0.6) is 11.5 Å². The minimum Gasteiger partial charge on any atom is -0.455 e. The molecule has 0 heterocycles. The molecule has 0 aliphatic carbocycles. The zero-order chi connectivity index (χ0) is 23.0. The summed E-state index contributed by atoms with van der Waals surface area (Å²) in [5.74, 6) is 0.202. The van der Waals surface area contributed by atoms with Crippen LogP contribution in [0.4, 0.5) is 0 Å². The molecule has 0 N–H and O–H groups in total. The SMILES string of the molecule is C=C(C)C(=O)OC(C)Oc1ccc(Sc2ccc(OC(C)OC(=O)C(=C)C)cc2)cc1. The van der Waals surface area contributed by atoms with Crippen molar-refractivity contribution >= 4 is 23.7 Å². The third kappa shape index (κ3) is 8.22. The average Bonchev–Trinajstić information content (AvgIpc) is 2.70. The molecule has 2 atom stereocenters. The predicted molar refractivity (Wildman–Crippen MR) is 119 cm³/mol. The van der Waals surface area contributed by atoms with Gasteiger partial charge in [0.05, 0.1) is 0 Å². The van der Waals surface area contributed by atoms with E-state index in [1.807, 2.05) is 48.5 Å². The molecule has 0 aliphatic rings. The van der Waals surface area contributed by atoms with Crippen LogP contribution in [0.1, 0.15) is 27.7 Å². The minimum absolute atomic E-state index is 0.320. The molecule has 2 unspecified atom stereocenters. The van der Waals surface area contributed by atoms with Crippen molar-refractivity contribution in [1.82, 2.24) is 0 Å². The standard InChI is InChI=1S/C24H26O6S/c1-15(2)23(25)29-17(5)27-19-7-11-21(12-8-19)31-22-13-9-20(10-14-22)28-18(6)30-24(26)16(3)4/h7-14,17-18H,1,3H2,2,4-6H3. The van der Waals surface area contributed by atoms with E-state index in [0.717, 1.165) is 9.79 Å². The van der Waals surface area contributed by atoms with E-state index in [0.29, 0.717) is 22.6 Å². The highest BCUT2D eigenvalue weighted by Gasteiger charge is 2.12. The van der Waals surface area contributed by atoms with Gasteiger partial charge in [0.2, 0.25) is 12.6 Å². The van der Waals surface area contributed by atoms with E-state index in [1.54, 1.807) is 39.5 Å². The van der Waals surface area contributed by atoms with Gasteiger partial charge in [0, 0.05) is 34.8 Å². The molecule has 164 valence electrons. The number of hydrogen-bond donors (Lipinski definition) is 0. The monoisotopic (exact) mass is 442 g/mol. The summed E-state index contributed by atoms with van der Waals surface area (Å²) in [7, 11) is 0. The Morgan fingerprint density at radius 1 is 0.710 bits per heavy atom. The van der Waals surface area contributed by atoms with Gasteiger partial charge in [-0.25, -0.2) is 9.59 Å². The lowest BCUT2D eigenvalue weighted by Crippen LogP contribution is -2.21. The van der Waals surface area contributed by atoms with Gasteiger partial charge in [0.25, 0.3) is 0 Å². The Kier molecular flexibility index (Phi) is 8.75. The van der Waals surface area contributed by atoms with Crippen molar-refractivity contribution in [2.45, 2.75) is 50.1 Å². The van der Waals surface area contributed by atoms with Crippen molar-refractivity contribution in [2.24, 2.45) is 0 Å². The van der Waals surface area contributed by atoms with Crippen molar-refractivity contribution < 1.29 is 28.5 Å². The molecule has 2 aromatic rings. The summed E-state index contributed by atoms with van der Waals surface area (Å²) in [6.07, 6.45) is -1.43.